The molecule has 2 unspecified atom stereocenters. The number of rotatable bonds is 4. The quantitative estimate of drug-likeness (QED) is 0.874. The number of anilines is 1. The van der Waals surface area contributed by atoms with Gasteiger partial charge in [0.2, 0.25) is 0 Å². The van der Waals surface area contributed by atoms with Gasteiger partial charge in [0.15, 0.2) is 0 Å². The van der Waals surface area contributed by atoms with Crippen molar-refractivity contribution in [1.29, 1.82) is 0 Å². The molecular weight excluding hydrogens is 240 g/mol. The molecule has 104 valence electrons. The molecule has 4 heteroatoms. The summed E-state index contributed by atoms with van der Waals surface area (Å²) in [7, 11) is 0. The second-order valence-electron chi connectivity index (χ2n) is 4.98. The predicted molar refractivity (Wildman–Crippen MR) is 76.4 cm³/mol. The van der Waals surface area contributed by atoms with Crippen molar-refractivity contribution in [3.05, 3.63) is 29.8 Å². The fourth-order valence-electron chi connectivity index (χ4n) is 2.09. The third-order valence-corrected chi connectivity index (χ3v) is 3.58. The van der Waals surface area contributed by atoms with Gasteiger partial charge in [-0.2, -0.15) is 0 Å². The van der Waals surface area contributed by atoms with Crippen molar-refractivity contribution in [3.63, 3.8) is 0 Å². The third kappa shape index (κ3) is 3.78. The van der Waals surface area contributed by atoms with Crippen LogP contribution < -0.4 is 10.6 Å². The van der Waals surface area contributed by atoms with E-state index in [0.29, 0.717) is 19.1 Å². The van der Waals surface area contributed by atoms with Crippen LogP contribution in [0.1, 0.15) is 31.7 Å². The van der Waals surface area contributed by atoms with E-state index < -0.39 is 0 Å². The van der Waals surface area contributed by atoms with Gasteiger partial charge in [-0.15, -0.1) is 0 Å². The van der Waals surface area contributed by atoms with Crippen molar-refractivity contribution in [2.24, 2.45) is 0 Å². The number of carbonyl (C=O) groups is 1. The van der Waals surface area contributed by atoms with Crippen LogP contribution in [0.25, 0.3) is 0 Å². The van der Waals surface area contributed by atoms with E-state index in [1.54, 1.807) is 0 Å². The van der Waals surface area contributed by atoms with Gasteiger partial charge >= 0.3 is 0 Å². The van der Waals surface area contributed by atoms with Gasteiger partial charge in [0.1, 0.15) is 6.10 Å². The normalized spacial score (nSPS) is 20.8. The van der Waals surface area contributed by atoms with Crippen molar-refractivity contribution in [2.45, 2.75) is 32.3 Å². The highest BCUT2D eigenvalue weighted by atomic mass is 16.5. The van der Waals surface area contributed by atoms with Crippen LogP contribution in [0, 0.1) is 0 Å². The zero-order chi connectivity index (χ0) is 13.7. The highest BCUT2D eigenvalue weighted by molar-refractivity contribution is 5.94. The summed E-state index contributed by atoms with van der Waals surface area (Å²) in [4.78, 5) is 12.0. The Hall–Kier alpha value is -1.39. The van der Waals surface area contributed by atoms with E-state index in [1.807, 2.05) is 12.1 Å². The molecule has 1 saturated heterocycles. The van der Waals surface area contributed by atoms with E-state index in [-0.39, 0.29) is 12.0 Å². The van der Waals surface area contributed by atoms with Crippen LogP contribution in [-0.2, 0) is 9.53 Å². The first kappa shape index (κ1) is 14.0. The van der Waals surface area contributed by atoms with Crippen LogP contribution in [-0.4, -0.2) is 31.7 Å². The Morgan fingerprint density at radius 3 is 2.79 bits per heavy atom. The first-order valence-corrected chi connectivity index (χ1v) is 6.94. The number of morpholine rings is 1. The third-order valence-electron chi connectivity index (χ3n) is 3.58. The van der Waals surface area contributed by atoms with Gasteiger partial charge in [-0.05, 0) is 30.0 Å². The van der Waals surface area contributed by atoms with Crippen LogP contribution in [0.4, 0.5) is 5.69 Å². The zero-order valence-corrected chi connectivity index (χ0v) is 11.6. The van der Waals surface area contributed by atoms with Gasteiger partial charge in [0.05, 0.1) is 6.61 Å². The average Bonchev–Trinajstić information content (AvgIpc) is 2.48. The molecule has 1 aromatic rings. The molecule has 4 nitrogen and oxygen atoms in total. The summed E-state index contributed by atoms with van der Waals surface area (Å²) < 4.78 is 5.42. The van der Waals surface area contributed by atoms with Crippen molar-refractivity contribution in [2.75, 3.05) is 25.0 Å². The molecule has 1 aromatic carbocycles. The summed E-state index contributed by atoms with van der Waals surface area (Å²) in [6.07, 6.45) is 0.732. The average molecular weight is 262 g/mol. The molecule has 0 saturated carbocycles. The fourth-order valence-corrected chi connectivity index (χ4v) is 2.09. The maximum atomic E-state index is 12.0. The Bertz CT molecular complexity index is 411. The lowest BCUT2D eigenvalue weighted by molar-refractivity contribution is -0.128. The molecule has 1 amide bonds. The van der Waals surface area contributed by atoms with Crippen molar-refractivity contribution in [3.8, 4) is 0 Å². The summed E-state index contributed by atoms with van der Waals surface area (Å²) in [5.41, 5.74) is 2.13. The second-order valence-corrected chi connectivity index (χ2v) is 4.98. The van der Waals surface area contributed by atoms with Gasteiger partial charge in [0.25, 0.3) is 5.91 Å². The largest absolute Gasteiger partial charge is 0.366 e. The number of hydrogen-bond acceptors (Lipinski definition) is 3. The minimum Gasteiger partial charge on any atom is -0.366 e. The molecule has 1 aliphatic heterocycles. The molecule has 1 aliphatic rings. The minimum atomic E-state index is -0.386. The van der Waals surface area contributed by atoms with E-state index >= 15 is 0 Å². The van der Waals surface area contributed by atoms with Crippen LogP contribution in [0.3, 0.4) is 0 Å². The molecule has 2 rings (SSSR count). The highest BCUT2D eigenvalue weighted by Gasteiger charge is 2.21. The molecule has 2 N–H and O–H groups in total. The molecule has 1 fully saturated rings. The number of carbonyl (C=O) groups excluding carboxylic acids is 1. The van der Waals surface area contributed by atoms with Crippen molar-refractivity contribution < 1.29 is 9.53 Å². The number of benzene rings is 1. The summed E-state index contributed by atoms with van der Waals surface area (Å²) in [5, 5.41) is 6.04. The van der Waals surface area contributed by atoms with E-state index in [9.17, 15) is 4.79 Å². The number of hydrogen-bond donors (Lipinski definition) is 2. The first-order valence-electron chi connectivity index (χ1n) is 6.94. The van der Waals surface area contributed by atoms with E-state index in [4.69, 9.17) is 4.74 Å². The molecular formula is C15H22N2O2. The van der Waals surface area contributed by atoms with Crippen LogP contribution in [0.2, 0.25) is 0 Å². The monoisotopic (exact) mass is 262 g/mol. The Balaban J connectivity index is 1.93. The standard InChI is InChI=1S/C15H22N2O2/c1-3-11(2)12-4-6-13(7-5-12)17-15(18)14-10-16-8-9-19-14/h4-7,11,14,16H,3,8-10H2,1-2H3,(H,17,18). The first-order chi connectivity index (χ1) is 9.20. The lowest BCUT2D eigenvalue weighted by atomic mass is 9.99. The lowest BCUT2D eigenvalue weighted by Gasteiger charge is -2.22. The van der Waals surface area contributed by atoms with Crippen molar-refractivity contribution >= 4 is 11.6 Å². The molecule has 0 aromatic heterocycles. The van der Waals surface area contributed by atoms with Gasteiger partial charge in [-0.3, -0.25) is 4.79 Å². The zero-order valence-electron chi connectivity index (χ0n) is 11.6. The van der Waals surface area contributed by atoms with Gasteiger partial charge in [-0.25, -0.2) is 0 Å². The van der Waals surface area contributed by atoms with Crippen LogP contribution in [0.15, 0.2) is 24.3 Å². The van der Waals surface area contributed by atoms with Gasteiger partial charge in [-0.1, -0.05) is 26.0 Å². The molecule has 1 heterocycles. The van der Waals surface area contributed by atoms with E-state index in [1.165, 1.54) is 5.56 Å². The summed E-state index contributed by atoms with van der Waals surface area (Å²) in [6.45, 7) is 6.36. The number of nitrogens with one attached hydrogen (secondary N) is 2. The van der Waals surface area contributed by atoms with Crippen LogP contribution in [0.5, 0.6) is 0 Å². The highest BCUT2D eigenvalue weighted by Crippen LogP contribution is 2.20. The molecule has 0 aliphatic carbocycles. The summed E-state index contributed by atoms with van der Waals surface area (Å²) in [5.74, 6) is 0.471. The van der Waals surface area contributed by atoms with E-state index in [2.05, 4.69) is 36.6 Å². The van der Waals surface area contributed by atoms with Crippen molar-refractivity contribution in [1.82, 2.24) is 5.32 Å². The van der Waals surface area contributed by atoms with Crippen LogP contribution >= 0.6 is 0 Å². The Morgan fingerprint density at radius 1 is 1.47 bits per heavy atom. The lowest BCUT2D eigenvalue weighted by Crippen LogP contribution is -2.45. The molecule has 2 atom stereocenters. The topological polar surface area (TPSA) is 50.4 Å². The van der Waals surface area contributed by atoms with Gasteiger partial charge in [0, 0.05) is 18.8 Å². The molecule has 19 heavy (non-hydrogen) atoms. The Morgan fingerprint density at radius 2 is 2.21 bits per heavy atom. The Kier molecular flexibility index (Phi) is 4.93. The molecule has 0 spiro atoms. The molecule has 0 bridgehead atoms. The minimum absolute atomic E-state index is 0.0801. The molecule has 0 radical (unpaired) electrons. The smallest absolute Gasteiger partial charge is 0.254 e. The second kappa shape index (κ2) is 6.68. The number of ether oxygens (including phenoxy) is 1. The van der Waals surface area contributed by atoms with Gasteiger partial charge < -0.3 is 15.4 Å². The summed E-state index contributed by atoms with van der Waals surface area (Å²) in [6, 6.07) is 8.05. The van der Waals surface area contributed by atoms with E-state index in [0.717, 1.165) is 18.7 Å². The summed E-state index contributed by atoms with van der Waals surface area (Å²) >= 11 is 0. The number of amides is 1. The maximum absolute atomic E-state index is 12.0. The fraction of sp³-hybridized carbons (Fsp3) is 0.533. The SMILES string of the molecule is CCC(C)c1ccc(NC(=O)C2CNCCO2)cc1. The Labute approximate surface area is 114 Å². The maximum Gasteiger partial charge on any atom is 0.254 e. The predicted octanol–water partition coefficient (Wildman–Crippen LogP) is 2.13.